The topological polar surface area (TPSA) is 50.4 Å². The summed E-state index contributed by atoms with van der Waals surface area (Å²) in [5, 5.41) is 6.01. The van der Waals surface area contributed by atoms with Crippen LogP contribution in [0.5, 0.6) is 0 Å². The van der Waals surface area contributed by atoms with Crippen molar-refractivity contribution in [3.63, 3.8) is 0 Å². The lowest BCUT2D eigenvalue weighted by Crippen LogP contribution is -2.40. The average Bonchev–Trinajstić information content (AvgIpc) is 2.39. The van der Waals surface area contributed by atoms with Crippen LogP contribution >= 0.6 is 0 Å². The minimum atomic E-state index is -0.00616. The van der Waals surface area contributed by atoms with E-state index in [0.29, 0.717) is 25.6 Å². The number of carbonyl (C=O) groups is 1. The summed E-state index contributed by atoms with van der Waals surface area (Å²) in [6.45, 7) is 7.83. The Balaban J connectivity index is 2.28. The molecule has 1 amide bonds. The summed E-state index contributed by atoms with van der Waals surface area (Å²) in [5.41, 5.74) is 2.52. The van der Waals surface area contributed by atoms with Crippen LogP contribution in [-0.4, -0.2) is 32.2 Å². The van der Waals surface area contributed by atoms with Gasteiger partial charge in [-0.2, -0.15) is 0 Å². The van der Waals surface area contributed by atoms with Crippen LogP contribution in [0.3, 0.4) is 0 Å². The zero-order chi connectivity index (χ0) is 15.0. The summed E-state index contributed by atoms with van der Waals surface area (Å²) in [5.74, 6) is 0.540. The molecule has 20 heavy (non-hydrogen) atoms. The molecule has 1 rings (SSSR count). The smallest absolute Gasteiger partial charge is 0.234 e. The molecular weight excluding hydrogens is 252 g/mol. The number of amides is 1. The molecule has 1 aromatic carbocycles. The summed E-state index contributed by atoms with van der Waals surface area (Å²) in [6.07, 6.45) is 0. The van der Waals surface area contributed by atoms with E-state index in [0.717, 1.165) is 0 Å². The molecule has 2 N–H and O–H groups in total. The third-order valence-corrected chi connectivity index (χ3v) is 3.09. The summed E-state index contributed by atoms with van der Waals surface area (Å²) >= 11 is 0. The number of hydrogen-bond acceptors (Lipinski definition) is 3. The molecule has 0 radical (unpaired) electrons. The van der Waals surface area contributed by atoms with Crippen molar-refractivity contribution in [2.75, 3.05) is 20.3 Å². The maximum atomic E-state index is 11.6. The van der Waals surface area contributed by atoms with Crippen molar-refractivity contribution in [2.45, 2.75) is 39.3 Å². The summed E-state index contributed by atoms with van der Waals surface area (Å²) < 4.78 is 4.97. The van der Waals surface area contributed by atoms with E-state index < -0.39 is 0 Å². The first-order chi connectivity index (χ1) is 9.52. The van der Waals surface area contributed by atoms with E-state index >= 15 is 0 Å². The van der Waals surface area contributed by atoms with Crippen LogP contribution in [0.25, 0.3) is 0 Å². The predicted octanol–water partition coefficient (Wildman–Crippen LogP) is 2.05. The van der Waals surface area contributed by atoms with Gasteiger partial charge in [0.1, 0.15) is 0 Å². The molecule has 0 aromatic heterocycles. The standard InChI is InChI=1S/C16H26N2O2/c1-12(2)15-7-5-14(6-8-15)9-17-10-16(19)18-13(3)11-20-4/h5-8,12-13,17H,9-11H2,1-4H3,(H,18,19). The SMILES string of the molecule is COCC(C)NC(=O)CNCc1ccc(C(C)C)cc1. The van der Waals surface area contributed by atoms with E-state index in [1.165, 1.54) is 11.1 Å². The zero-order valence-electron chi connectivity index (χ0n) is 12.9. The van der Waals surface area contributed by atoms with Gasteiger partial charge in [0.15, 0.2) is 0 Å². The van der Waals surface area contributed by atoms with E-state index in [1.54, 1.807) is 7.11 Å². The summed E-state index contributed by atoms with van der Waals surface area (Å²) in [6, 6.07) is 8.53. The lowest BCUT2D eigenvalue weighted by atomic mass is 10.0. The Labute approximate surface area is 121 Å². The van der Waals surface area contributed by atoms with E-state index in [9.17, 15) is 4.79 Å². The second kappa shape index (κ2) is 8.72. The number of benzene rings is 1. The molecule has 1 atom stereocenters. The van der Waals surface area contributed by atoms with Crippen molar-refractivity contribution in [3.8, 4) is 0 Å². The second-order valence-electron chi connectivity index (χ2n) is 5.42. The predicted molar refractivity (Wildman–Crippen MR) is 81.7 cm³/mol. The highest BCUT2D eigenvalue weighted by atomic mass is 16.5. The fourth-order valence-electron chi connectivity index (χ4n) is 1.96. The van der Waals surface area contributed by atoms with Crippen molar-refractivity contribution < 1.29 is 9.53 Å². The molecule has 0 heterocycles. The Morgan fingerprint density at radius 1 is 1.20 bits per heavy atom. The Morgan fingerprint density at radius 3 is 2.40 bits per heavy atom. The van der Waals surface area contributed by atoms with Gasteiger partial charge in [0.05, 0.1) is 13.2 Å². The molecule has 0 saturated heterocycles. The molecule has 0 bridgehead atoms. The van der Waals surface area contributed by atoms with Crippen molar-refractivity contribution in [3.05, 3.63) is 35.4 Å². The minimum absolute atomic E-state index is 0.00616. The largest absolute Gasteiger partial charge is 0.383 e. The zero-order valence-corrected chi connectivity index (χ0v) is 12.9. The van der Waals surface area contributed by atoms with Gasteiger partial charge in [-0.3, -0.25) is 4.79 Å². The van der Waals surface area contributed by atoms with Gasteiger partial charge < -0.3 is 15.4 Å². The first-order valence-corrected chi connectivity index (χ1v) is 7.10. The van der Waals surface area contributed by atoms with E-state index in [-0.39, 0.29) is 11.9 Å². The first-order valence-electron chi connectivity index (χ1n) is 7.10. The number of hydrogen-bond donors (Lipinski definition) is 2. The van der Waals surface area contributed by atoms with Gasteiger partial charge in [-0.25, -0.2) is 0 Å². The van der Waals surface area contributed by atoms with Crippen LogP contribution in [0.2, 0.25) is 0 Å². The molecule has 112 valence electrons. The lowest BCUT2D eigenvalue weighted by Gasteiger charge is -2.13. The van der Waals surface area contributed by atoms with Crippen molar-refractivity contribution in [1.82, 2.24) is 10.6 Å². The van der Waals surface area contributed by atoms with Gasteiger partial charge in [0, 0.05) is 19.7 Å². The van der Waals surface area contributed by atoms with Gasteiger partial charge in [-0.15, -0.1) is 0 Å². The molecule has 0 aliphatic carbocycles. The lowest BCUT2D eigenvalue weighted by molar-refractivity contribution is -0.121. The van der Waals surface area contributed by atoms with Crippen LogP contribution in [-0.2, 0) is 16.1 Å². The molecule has 0 saturated carbocycles. The van der Waals surface area contributed by atoms with Gasteiger partial charge in [-0.05, 0) is 24.0 Å². The van der Waals surface area contributed by atoms with Gasteiger partial charge in [-0.1, -0.05) is 38.1 Å². The van der Waals surface area contributed by atoms with Crippen LogP contribution in [0, 0.1) is 0 Å². The second-order valence-corrected chi connectivity index (χ2v) is 5.42. The monoisotopic (exact) mass is 278 g/mol. The Kier molecular flexibility index (Phi) is 7.26. The number of nitrogens with one attached hydrogen (secondary N) is 2. The van der Waals surface area contributed by atoms with Gasteiger partial charge >= 0.3 is 0 Å². The molecule has 0 aliphatic heterocycles. The van der Waals surface area contributed by atoms with Crippen molar-refractivity contribution in [1.29, 1.82) is 0 Å². The number of methoxy groups -OCH3 is 1. The maximum absolute atomic E-state index is 11.6. The quantitative estimate of drug-likeness (QED) is 0.765. The Hall–Kier alpha value is -1.39. The van der Waals surface area contributed by atoms with Crippen molar-refractivity contribution in [2.24, 2.45) is 0 Å². The van der Waals surface area contributed by atoms with E-state index in [2.05, 4.69) is 48.7 Å². The molecule has 0 aliphatic rings. The van der Waals surface area contributed by atoms with Gasteiger partial charge in [0.2, 0.25) is 5.91 Å². The molecule has 1 unspecified atom stereocenters. The molecule has 0 spiro atoms. The highest BCUT2D eigenvalue weighted by molar-refractivity contribution is 5.78. The van der Waals surface area contributed by atoms with E-state index in [1.807, 2.05) is 6.92 Å². The highest BCUT2D eigenvalue weighted by Crippen LogP contribution is 2.14. The van der Waals surface area contributed by atoms with Crippen LogP contribution in [0.4, 0.5) is 0 Å². The van der Waals surface area contributed by atoms with Gasteiger partial charge in [0.25, 0.3) is 0 Å². The van der Waals surface area contributed by atoms with Crippen molar-refractivity contribution >= 4 is 5.91 Å². The van der Waals surface area contributed by atoms with E-state index in [4.69, 9.17) is 4.74 Å². The molecular formula is C16H26N2O2. The molecule has 4 nitrogen and oxygen atoms in total. The number of ether oxygens (including phenoxy) is 1. The fraction of sp³-hybridized carbons (Fsp3) is 0.562. The highest BCUT2D eigenvalue weighted by Gasteiger charge is 2.06. The normalized spacial score (nSPS) is 12.4. The average molecular weight is 278 g/mol. The molecule has 1 aromatic rings. The Morgan fingerprint density at radius 2 is 1.85 bits per heavy atom. The first kappa shape index (κ1) is 16.7. The maximum Gasteiger partial charge on any atom is 0.234 e. The molecule has 0 fully saturated rings. The minimum Gasteiger partial charge on any atom is -0.383 e. The van der Waals surface area contributed by atoms with Crippen LogP contribution in [0.15, 0.2) is 24.3 Å². The fourth-order valence-corrected chi connectivity index (χ4v) is 1.96. The summed E-state index contributed by atoms with van der Waals surface area (Å²) in [7, 11) is 1.63. The van der Waals surface area contributed by atoms with Crippen LogP contribution in [0.1, 0.15) is 37.8 Å². The molecule has 4 heteroatoms. The van der Waals surface area contributed by atoms with Crippen LogP contribution < -0.4 is 10.6 Å². The number of rotatable bonds is 8. The number of carbonyl (C=O) groups excluding carboxylic acids is 1. The third kappa shape index (κ3) is 6.17. The summed E-state index contributed by atoms with van der Waals surface area (Å²) in [4.78, 5) is 11.6. The third-order valence-electron chi connectivity index (χ3n) is 3.09. The Bertz CT molecular complexity index is 401.